The number of anilines is 3. The summed E-state index contributed by atoms with van der Waals surface area (Å²) >= 11 is 0. The quantitative estimate of drug-likeness (QED) is 0.174. The van der Waals surface area contributed by atoms with Gasteiger partial charge in [-0.25, -0.2) is 0 Å². The standard InChI is InChI=1S/C50H33NO/c1-3-14-42-34(10-1)12-7-17-44(42)36-22-28-39(29-23-36)51(40-30-24-37(25-31-40)45-18-8-13-35-11-2-4-15-43(35)45)41-32-26-38(27-33-41)46-19-9-21-49-50(46)47-16-5-6-20-48(47)52-49/h1-33H/i22D,23D,24D,25D,26D,27D,28D,29D,30D,31D,32D,33D. The van der Waals surface area contributed by atoms with E-state index in [1.165, 1.54) is 0 Å². The Hall–Kier alpha value is -6.90. The average Bonchev–Trinajstić information content (AvgIpc) is 3.69. The van der Waals surface area contributed by atoms with Crippen LogP contribution in [0.5, 0.6) is 0 Å². The number of para-hydroxylation sites is 1. The first-order valence-corrected chi connectivity index (χ1v) is 16.8. The van der Waals surface area contributed by atoms with Crippen LogP contribution in [0.25, 0.3) is 76.9 Å². The topological polar surface area (TPSA) is 16.4 Å². The Morgan fingerprint density at radius 3 is 1.27 bits per heavy atom. The summed E-state index contributed by atoms with van der Waals surface area (Å²) in [7, 11) is 0. The van der Waals surface area contributed by atoms with Crippen LogP contribution in [0.1, 0.15) is 16.4 Å². The van der Waals surface area contributed by atoms with Gasteiger partial charge in [0.15, 0.2) is 0 Å². The van der Waals surface area contributed by atoms with Gasteiger partial charge >= 0.3 is 0 Å². The molecule has 244 valence electrons. The Labute approximate surface area is 319 Å². The highest BCUT2D eigenvalue weighted by atomic mass is 16.3. The van der Waals surface area contributed by atoms with Gasteiger partial charge in [-0.3, -0.25) is 0 Å². The minimum atomic E-state index is -0.689. The summed E-state index contributed by atoms with van der Waals surface area (Å²) in [5.74, 6) is 0. The Morgan fingerprint density at radius 2 is 0.731 bits per heavy atom. The van der Waals surface area contributed by atoms with Crippen LogP contribution >= 0.6 is 0 Å². The molecule has 0 radical (unpaired) electrons. The number of hydrogen-bond donors (Lipinski definition) is 0. The van der Waals surface area contributed by atoms with Crippen molar-refractivity contribution in [1.82, 2.24) is 0 Å². The molecule has 0 amide bonds. The fraction of sp³-hybridized carbons (Fsp3) is 0. The summed E-state index contributed by atoms with van der Waals surface area (Å²) in [6.45, 7) is 0. The maximum Gasteiger partial charge on any atom is 0.136 e. The second-order valence-corrected chi connectivity index (χ2v) is 12.3. The fourth-order valence-corrected chi connectivity index (χ4v) is 6.86. The molecule has 0 unspecified atom stereocenters. The van der Waals surface area contributed by atoms with Crippen molar-refractivity contribution in [3.63, 3.8) is 0 Å². The minimum absolute atomic E-state index is 0.0447. The summed E-state index contributed by atoms with van der Waals surface area (Å²) in [6, 6.07) is 30.3. The van der Waals surface area contributed by atoms with Crippen LogP contribution in [0.2, 0.25) is 0 Å². The van der Waals surface area contributed by atoms with Gasteiger partial charge in [-0.15, -0.1) is 0 Å². The van der Waals surface area contributed by atoms with Crippen molar-refractivity contribution in [1.29, 1.82) is 0 Å². The average molecular weight is 676 g/mol. The third-order valence-corrected chi connectivity index (χ3v) is 9.30. The normalized spacial score (nSPS) is 14.7. The second kappa shape index (κ2) is 12.5. The molecule has 2 heteroatoms. The molecular weight excluding hydrogens is 631 g/mol. The molecule has 52 heavy (non-hydrogen) atoms. The lowest BCUT2D eigenvalue weighted by Gasteiger charge is -2.26. The maximum atomic E-state index is 9.63. The number of hydrogen-bond acceptors (Lipinski definition) is 2. The molecule has 0 aliphatic carbocycles. The molecule has 0 spiro atoms. The SMILES string of the molecule is [2H]c1c([2H])c(N(c2c([2H])c([2H])c(-c3cccc4ccccc34)c([2H])c2[2H])c2c([2H])c([2H])c(-c3cccc4oc5ccccc5c34)c([2H])c2[2H])c([2H])c([2H])c1-c1cccc2ccccc12. The van der Waals surface area contributed by atoms with Crippen molar-refractivity contribution in [2.75, 3.05) is 4.90 Å². The molecular formula is C50H33NO. The van der Waals surface area contributed by atoms with Gasteiger partial charge in [0.2, 0.25) is 0 Å². The fourth-order valence-electron chi connectivity index (χ4n) is 6.86. The summed E-state index contributed by atoms with van der Waals surface area (Å²) in [5, 5.41) is 4.14. The Kier molecular flexibility index (Phi) is 4.81. The van der Waals surface area contributed by atoms with Crippen LogP contribution in [0, 0.1) is 0 Å². The lowest BCUT2D eigenvalue weighted by Crippen LogP contribution is -2.09. The molecule has 2 nitrogen and oxygen atoms in total. The number of nitrogens with zero attached hydrogens (tertiary/aromatic N) is 1. The molecule has 0 bridgehead atoms. The first kappa shape index (κ1) is 20.1. The van der Waals surface area contributed by atoms with Crippen LogP contribution in [0.3, 0.4) is 0 Å². The number of furan rings is 1. The smallest absolute Gasteiger partial charge is 0.136 e. The number of benzene rings is 9. The van der Waals surface area contributed by atoms with Gasteiger partial charge in [-0.2, -0.15) is 0 Å². The lowest BCUT2D eigenvalue weighted by atomic mass is 9.97. The van der Waals surface area contributed by atoms with E-state index in [2.05, 4.69) is 0 Å². The van der Waals surface area contributed by atoms with Crippen molar-refractivity contribution in [3.05, 3.63) is 200 Å². The molecule has 1 heterocycles. The van der Waals surface area contributed by atoms with Gasteiger partial charge in [0.1, 0.15) is 11.2 Å². The molecule has 9 aromatic carbocycles. The van der Waals surface area contributed by atoms with Crippen LogP contribution in [0.4, 0.5) is 17.1 Å². The Bertz CT molecular complexity index is 3380. The van der Waals surface area contributed by atoms with E-state index in [0.29, 0.717) is 49.4 Å². The highest BCUT2D eigenvalue weighted by molar-refractivity contribution is 6.12. The first-order valence-electron chi connectivity index (χ1n) is 22.8. The highest BCUT2D eigenvalue weighted by Gasteiger charge is 2.16. The van der Waals surface area contributed by atoms with Crippen LogP contribution in [-0.2, 0) is 0 Å². The highest BCUT2D eigenvalue weighted by Crippen LogP contribution is 2.41. The van der Waals surface area contributed by atoms with E-state index in [9.17, 15) is 16.4 Å². The molecule has 0 atom stereocenters. The molecule has 0 aliphatic heterocycles. The van der Waals surface area contributed by atoms with Crippen molar-refractivity contribution < 1.29 is 20.9 Å². The van der Waals surface area contributed by atoms with E-state index in [0.717, 1.165) is 15.7 Å². The third-order valence-electron chi connectivity index (χ3n) is 9.30. The second-order valence-electron chi connectivity index (χ2n) is 12.3. The summed E-state index contributed by atoms with van der Waals surface area (Å²) in [4.78, 5) is 0.847. The van der Waals surface area contributed by atoms with Crippen molar-refractivity contribution >= 4 is 60.5 Å². The molecule has 0 saturated heterocycles. The minimum Gasteiger partial charge on any atom is -0.456 e. The molecule has 0 N–H and O–H groups in total. The zero-order valence-electron chi connectivity index (χ0n) is 39.5. The van der Waals surface area contributed by atoms with Crippen molar-refractivity contribution in [3.8, 4) is 33.4 Å². The van der Waals surface area contributed by atoms with Gasteiger partial charge in [-0.1, -0.05) is 152 Å². The molecule has 0 fully saturated rings. The first-order chi connectivity index (χ1) is 30.8. The van der Waals surface area contributed by atoms with Gasteiger partial charge < -0.3 is 9.32 Å². The predicted molar refractivity (Wildman–Crippen MR) is 220 cm³/mol. The zero-order valence-corrected chi connectivity index (χ0v) is 27.5. The summed E-state index contributed by atoms with van der Waals surface area (Å²) in [5.41, 5.74) is 0.201. The molecule has 10 aromatic rings. The van der Waals surface area contributed by atoms with Crippen LogP contribution in [-0.4, -0.2) is 0 Å². The number of rotatable bonds is 6. The van der Waals surface area contributed by atoms with E-state index in [4.69, 9.17) is 4.42 Å². The van der Waals surface area contributed by atoms with Gasteiger partial charge in [-0.05, 0) is 103 Å². The molecule has 1 aromatic heterocycles. The third kappa shape index (κ3) is 5.12. The largest absolute Gasteiger partial charge is 0.456 e. The van der Waals surface area contributed by atoms with Gasteiger partial charge in [0.25, 0.3) is 0 Å². The van der Waals surface area contributed by atoms with Gasteiger partial charge in [0, 0.05) is 27.8 Å². The maximum absolute atomic E-state index is 9.63. The summed E-state index contributed by atoms with van der Waals surface area (Å²) in [6.07, 6.45) is 0. The Morgan fingerprint density at radius 1 is 0.346 bits per heavy atom. The van der Waals surface area contributed by atoms with Gasteiger partial charge in [0.05, 0.1) is 16.4 Å². The predicted octanol–water partition coefficient (Wildman–Crippen LogP) is 14.4. The van der Waals surface area contributed by atoms with E-state index in [1.807, 2.05) is 54.6 Å². The summed E-state index contributed by atoms with van der Waals surface area (Å²) < 4.78 is 120. The van der Waals surface area contributed by atoms with E-state index < -0.39 is 89.6 Å². The Balaban J connectivity index is 1.30. The van der Waals surface area contributed by atoms with E-state index in [1.54, 1.807) is 72.8 Å². The molecule has 10 rings (SSSR count). The number of fused-ring (bicyclic) bond motifs is 5. The lowest BCUT2D eigenvalue weighted by molar-refractivity contribution is 0.669. The molecule has 0 aliphatic rings. The monoisotopic (exact) mass is 675 g/mol. The van der Waals surface area contributed by atoms with Crippen LogP contribution < -0.4 is 4.90 Å². The zero-order chi connectivity index (χ0) is 44.9. The van der Waals surface area contributed by atoms with E-state index in [-0.39, 0.29) is 16.7 Å². The van der Waals surface area contributed by atoms with Crippen molar-refractivity contribution in [2.24, 2.45) is 0 Å². The van der Waals surface area contributed by atoms with E-state index >= 15 is 0 Å². The van der Waals surface area contributed by atoms with Crippen LogP contribution in [0.15, 0.2) is 204 Å². The molecule has 0 saturated carbocycles. The van der Waals surface area contributed by atoms with Crippen molar-refractivity contribution in [2.45, 2.75) is 0 Å².